The van der Waals surface area contributed by atoms with E-state index in [0.29, 0.717) is 18.9 Å². The van der Waals surface area contributed by atoms with E-state index in [1.54, 1.807) is 10.8 Å². The molecule has 7 heteroatoms. The van der Waals surface area contributed by atoms with Crippen LogP contribution in [0.3, 0.4) is 0 Å². The van der Waals surface area contributed by atoms with Gasteiger partial charge in [-0.1, -0.05) is 36.4 Å². The van der Waals surface area contributed by atoms with Gasteiger partial charge in [-0.2, -0.15) is 0 Å². The third-order valence-corrected chi connectivity index (χ3v) is 7.48. The van der Waals surface area contributed by atoms with Crippen molar-refractivity contribution in [2.45, 2.75) is 38.5 Å². The number of nitrogens with zero attached hydrogens (tertiary/aromatic N) is 3. The quantitative estimate of drug-likeness (QED) is 0.473. The number of aryl methyl sites for hydroxylation is 1. The molecule has 6 rings (SSSR count). The Bertz CT molecular complexity index is 1480. The Morgan fingerprint density at radius 3 is 2.75 bits per heavy atom. The average Bonchev–Trinajstić information content (AvgIpc) is 3.55. The lowest BCUT2D eigenvalue weighted by molar-refractivity contribution is -0.134. The number of rotatable bonds is 5. The second-order valence-electron chi connectivity index (χ2n) is 9.69. The summed E-state index contributed by atoms with van der Waals surface area (Å²) in [5.74, 6) is 0.768. The summed E-state index contributed by atoms with van der Waals surface area (Å²) in [7, 11) is 2.07. The normalized spacial score (nSPS) is 17.4. The Kier molecular flexibility index (Phi) is 5.85. The second-order valence-corrected chi connectivity index (χ2v) is 9.69. The van der Waals surface area contributed by atoms with Crippen LogP contribution in [0.15, 0.2) is 71.7 Å². The summed E-state index contributed by atoms with van der Waals surface area (Å²) in [6.45, 7) is 2.72. The summed E-state index contributed by atoms with van der Waals surface area (Å²) in [5.41, 5.74) is 5.28. The highest BCUT2D eigenvalue weighted by Crippen LogP contribution is 2.32. The summed E-state index contributed by atoms with van der Waals surface area (Å²) >= 11 is 0. The van der Waals surface area contributed by atoms with E-state index >= 15 is 0 Å². The number of ether oxygens (including phenoxy) is 1. The Morgan fingerprint density at radius 2 is 1.97 bits per heavy atom. The van der Waals surface area contributed by atoms with Crippen LogP contribution >= 0.6 is 0 Å². The fourth-order valence-corrected chi connectivity index (χ4v) is 5.52. The molecule has 4 heterocycles. The predicted molar refractivity (Wildman–Crippen MR) is 139 cm³/mol. The highest BCUT2D eigenvalue weighted by molar-refractivity contribution is 5.89. The zero-order chi connectivity index (χ0) is 24.6. The number of benzene rings is 2. The van der Waals surface area contributed by atoms with Gasteiger partial charge in [-0.15, -0.1) is 0 Å². The number of amides is 1. The number of hydrogen-bond acceptors (Lipinski definition) is 4. The van der Waals surface area contributed by atoms with Crippen LogP contribution in [0.5, 0.6) is 5.75 Å². The number of nitrogens with one attached hydrogen (secondary N) is 1. The van der Waals surface area contributed by atoms with Crippen LogP contribution in [-0.2, 0) is 31.4 Å². The number of hydrogen-bond donors (Lipinski definition) is 1. The van der Waals surface area contributed by atoms with Crippen LogP contribution in [0, 0.1) is 0 Å². The Balaban J connectivity index is 1.25. The molecule has 0 saturated carbocycles. The zero-order valence-electron chi connectivity index (χ0n) is 20.4. The molecule has 7 nitrogen and oxygen atoms in total. The maximum Gasteiger partial charge on any atom is 0.258 e. The minimum absolute atomic E-state index is 0.0420. The molecule has 0 unspecified atom stereocenters. The number of aromatic nitrogens is 2. The van der Waals surface area contributed by atoms with Gasteiger partial charge in [0.1, 0.15) is 12.4 Å². The summed E-state index contributed by atoms with van der Waals surface area (Å²) in [6, 6.07) is 19.3. The van der Waals surface area contributed by atoms with Crippen LogP contribution in [0.25, 0.3) is 16.6 Å². The van der Waals surface area contributed by atoms with Crippen LogP contribution < -0.4 is 15.6 Å². The molecule has 0 radical (unpaired) electrons. The molecule has 2 aliphatic rings. The first-order valence-corrected chi connectivity index (χ1v) is 12.6. The van der Waals surface area contributed by atoms with Crippen molar-refractivity contribution in [2.24, 2.45) is 7.05 Å². The van der Waals surface area contributed by atoms with Gasteiger partial charge in [0.2, 0.25) is 5.91 Å². The SMILES string of the molecule is Cn1c2c(c3ccc(-n4ccc(OCc5ccccc5)cc4=O)cc31)CN(C(=O)[C@H]1CCCN1)CC2. The van der Waals surface area contributed by atoms with Gasteiger partial charge in [0.15, 0.2) is 0 Å². The Labute approximate surface area is 209 Å². The van der Waals surface area contributed by atoms with Gasteiger partial charge in [0, 0.05) is 55.5 Å². The summed E-state index contributed by atoms with van der Waals surface area (Å²) < 4.78 is 9.68. The van der Waals surface area contributed by atoms with Crippen molar-refractivity contribution in [3.63, 3.8) is 0 Å². The highest BCUT2D eigenvalue weighted by atomic mass is 16.5. The van der Waals surface area contributed by atoms with Crippen molar-refractivity contribution >= 4 is 16.8 Å². The second kappa shape index (κ2) is 9.32. The third-order valence-electron chi connectivity index (χ3n) is 7.48. The molecule has 1 fully saturated rings. The molecule has 184 valence electrons. The third kappa shape index (κ3) is 4.09. The van der Waals surface area contributed by atoms with Gasteiger partial charge in [-0.05, 0) is 43.1 Å². The zero-order valence-corrected chi connectivity index (χ0v) is 20.4. The number of carbonyl (C=O) groups excluding carboxylic acids is 1. The van der Waals surface area contributed by atoms with Gasteiger partial charge >= 0.3 is 0 Å². The lowest BCUT2D eigenvalue weighted by Gasteiger charge is -2.30. The summed E-state index contributed by atoms with van der Waals surface area (Å²) in [4.78, 5) is 27.9. The van der Waals surface area contributed by atoms with E-state index in [9.17, 15) is 9.59 Å². The topological polar surface area (TPSA) is 68.5 Å². The van der Waals surface area contributed by atoms with Crippen LogP contribution in [-0.4, -0.2) is 39.1 Å². The number of pyridine rings is 1. The summed E-state index contributed by atoms with van der Waals surface area (Å²) in [5, 5.41) is 4.48. The molecular formula is C29H30N4O3. The van der Waals surface area contributed by atoms with E-state index < -0.39 is 0 Å². The molecule has 1 N–H and O–H groups in total. The Hall–Kier alpha value is -3.84. The lowest BCUT2D eigenvalue weighted by atomic mass is 10.0. The average molecular weight is 483 g/mol. The minimum Gasteiger partial charge on any atom is -0.489 e. The first kappa shape index (κ1) is 22.6. The van der Waals surface area contributed by atoms with Crippen molar-refractivity contribution in [3.05, 3.63) is 94.0 Å². The van der Waals surface area contributed by atoms with E-state index in [-0.39, 0.29) is 17.5 Å². The van der Waals surface area contributed by atoms with E-state index in [1.165, 1.54) is 17.3 Å². The van der Waals surface area contributed by atoms with Crippen LogP contribution in [0.4, 0.5) is 0 Å². The van der Waals surface area contributed by atoms with Crippen molar-refractivity contribution in [1.82, 2.24) is 19.4 Å². The number of fused-ring (bicyclic) bond motifs is 3. The van der Waals surface area contributed by atoms with Gasteiger partial charge in [-0.3, -0.25) is 14.2 Å². The molecule has 36 heavy (non-hydrogen) atoms. The van der Waals surface area contributed by atoms with Crippen LogP contribution in [0.2, 0.25) is 0 Å². The van der Waals surface area contributed by atoms with Gasteiger partial charge in [0.25, 0.3) is 5.56 Å². The predicted octanol–water partition coefficient (Wildman–Crippen LogP) is 3.54. The standard InChI is InChI=1S/C29H30N4O3/c1-31-26-12-14-32(29(35)25-8-5-13-30-25)18-24(26)23-10-9-21(16-27(23)31)33-15-11-22(17-28(33)34)36-19-20-6-3-2-4-7-20/h2-4,6-7,9-11,15-17,25,30H,5,8,12-14,18-19H2,1H3/t25-/m1/s1. The van der Waals surface area contributed by atoms with E-state index in [2.05, 4.69) is 29.1 Å². The van der Waals surface area contributed by atoms with E-state index in [0.717, 1.165) is 54.5 Å². The fourth-order valence-electron chi connectivity index (χ4n) is 5.52. The largest absolute Gasteiger partial charge is 0.489 e. The molecule has 2 aliphatic heterocycles. The molecule has 4 aromatic rings. The van der Waals surface area contributed by atoms with Gasteiger partial charge in [0.05, 0.1) is 17.2 Å². The molecule has 0 aliphatic carbocycles. The van der Waals surface area contributed by atoms with E-state index in [4.69, 9.17) is 4.74 Å². The highest BCUT2D eigenvalue weighted by Gasteiger charge is 2.31. The molecule has 1 atom stereocenters. The smallest absolute Gasteiger partial charge is 0.258 e. The maximum atomic E-state index is 13.0. The summed E-state index contributed by atoms with van der Waals surface area (Å²) in [6.07, 6.45) is 4.58. The maximum absolute atomic E-state index is 13.0. The monoisotopic (exact) mass is 482 g/mol. The van der Waals surface area contributed by atoms with Crippen molar-refractivity contribution in [1.29, 1.82) is 0 Å². The molecule has 2 aromatic heterocycles. The number of carbonyl (C=O) groups is 1. The lowest BCUT2D eigenvalue weighted by Crippen LogP contribution is -2.45. The van der Waals surface area contributed by atoms with Crippen molar-refractivity contribution in [2.75, 3.05) is 13.1 Å². The van der Waals surface area contributed by atoms with Crippen LogP contribution in [0.1, 0.15) is 29.7 Å². The molecular weight excluding hydrogens is 452 g/mol. The molecule has 0 spiro atoms. The molecule has 1 saturated heterocycles. The first-order valence-electron chi connectivity index (χ1n) is 12.6. The minimum atomic E-state index is -0.139. The first-order chi connectivity index (χ1) is 17.6. The fraction of sp³-hybridized carbons (Fsp3) is 0.310. The van der Waals surface area contributed by atoms with Crippen molar-refractivity contribution in [3.8, 4) is 11.4 Å². The Morgan fingerprint density at radius 1 is 1.11 bits per heavy atom. The van der Waals surface area contributed by atoms with Crippen molar-refractivity contribution < 1.29 is 9.53 Å². The van der Waals surface area contributed by atoms with E-state index in [1.807, 2.05) is 47.4 Å². The molecule has 2 aromatic carbocycles. The molecule has 1 amide bonds. The van der Waals surface area contributed by atoms with Gasteiger partial charge in [-0.25, -0.2) is 0 Å². The van der Waals surface area contributed by atoms with Gasteiger partial charge < -0.3 is 19.5 Å². The molecule has 0 bridgehead atoms.